The van der Waals surface area contributed by atoms with Gasteiger partial charge in [0, 0.05) is 0 Å². The Hall–Kier alpha value is -1.72. The number of carboxylic acids is 1. The first kappa shape index (κ1) is 15.2. The molecule has 0 radical (unpaired) electrons. The summed E-state index contributed by atoms with van der Waals surface area (Å²) < 4.78 is 11.7. The van der Waals surface area contributed by atoms with Crippen molar-refractivity contribution in [2.24, 2.45) is 0 Å². The SMILES string of the molecule is C[C@]12CCCC(c3ccc(CC(=O)O)cc3)(OCCO1)C2=O. The number of Topliss-reactive ketones (excluding diaryl/α,β-unsaturated/α-hetero) is 1. The lowest BCUT2D eigenvalue weighted by Gasteiger charge is -2.41. The summed E-state index contributed by atoms with van der Waals surface area (Å²) in [6.07, 6.45) is 2.19. The molecule has 2 bridgehead atoms. The van der Waals surface area contributed by atoms with Crippen LogP contribution >= 0.6 is 0 Å². The number of carbonyl (C=O) groups excluding carboxylic acids is 1. The standard InChI is InChI=1S/C17H20O5/c1-16-7-2-8-17(15(16)20,22-10-9-21-16)13-5-3-12(4-6-13)11-14(18)19/h3-6H,2,7-11H2,1H3,(H,18,19)/t16-,17?/m1/s1. The number of carbonyl (C=O) groups is 2. The van der Waals surface area contributed by atoms with Gasteiger partial charge in [-0.1, -0.05) is 24.3 Å². The number of carboxylic acid groups (broad SMARTS) is 1. The summed E-state index contributed by atoms with van der Waals surface area (Å²) in [7, 11) is 0. The van der Waals surface area contributed by atoms with E-state index in [0.29, 0.717) is 31.6 Å². The Morgan fingerprint density at radius 3 is 2.55 bits per heavy atom. The molecular weight excluding hydrogens is 284 g/mol. The van der Waals surface area contributed by atoms with Crippen LogP contribution in [-0.4, -0.2) is 35.7 Å². The average molecular weight is 304 g/mol. The Labute approximate surface area is 129 Å². The van der Waals surface area contributed by atoms with Crippen LogP contribution in [0.5, 0.6) is 0 Å². The first-order valence-corrected chi connectivity index (χ1v) is 7.60. The molecule has 2 fully saturated rings. The number of hydrogen-bond acceptors (Lipinski definition) is 4. The van der Waals surface area contributed by atoms with Crippen LogP contribution in [0.3, 0.4) is 0 Å². The second-order valence-corrected chi connectivity index (χ2v) is 6.20. The van der Waals surface area contributed by atoms with Crippen molar-refractivity contribution in [1.29, 1.82) is 0 Å². The Balaban J connectivity index is 1.97. The van der Waals surface area contributed by atoms with E-state index in [2.05, 4.69) is 0 Å². The van der Waals surface area contributed by atoms with Crippen LogP contribution in [-0.2, 0) is 31.1 Å². The van der Waals surface area contributed by atoms with Crippen LogP contribution in [0.15, 0.2) is 24.3 Å². The minimum atomic E-state index is -0.953. The zero-order valence-electron chi connectivity index (χ0n) is 12.6. The largest absolute Gasteiger partial charge is 0.481 e. The van der Waals surface area contributed by atoms with Crippen molar-refractivity contribution in [2.45, 2.75) is 43.8 Å². The minimum Gasteiger partial charge on any atom is -0.481 e. The Kier molecular flexibility index (Phi) is 3.78. The number of hydrogen-bond donors (Lipinski definition) is 1. The van der Waals surface area contributed by atoms with E-state index < -0.39 is 17.2 Å². The molecule has 3 rings (SSSR count). The van der Waals surface area contributed by atoms with E-state index >= 15 is 0 Å². The topological polar surface area (TPSA) is 72.8 Å². The van der Waals surface area contributed by atoms with Gasteiger partial charge in [-0.15, -0.1) is 0 Å². The van der Waals surface area contributed by atoms with E-state index in [1.807, 2.05) is 19.1 Å². The van der Waals surface area contributed by atoms with Crippen molar-refractivity contribution in [1.82, 2.24) is 0 Å². The van der Waals surface area contributed by atoms with Gasteiger partial charge in [0.1, 0.15) is 5.60 Å². The molecule has 0 aromatic heterocycles. The van der Waals surface area contributed by atoms with Gasteiger partial charge in [0.05, 0.1) is 19.6 Å². The molecule has 1 aliphatic carbocycles. The van der Waals surface area contributed by atoms with Crippen molar-refractivity contribution in [3.05, 3.63) is 35.4 Å². The molecule has 0 spiro atoms. The summed E-state index contributed by atoms with van der Waals surface area (Å²) in [5, 5.41) is 8.84. The maximum absolute atomic E-state index is 13.0. The van der Waals surface area contributed by atoms with E-state index in [9.17, 15) is 9.59 Å². The smallest absolute Gasteiger partial charge is 0.307 e. The third-order valence-corrected chi connectivity index (χ3v) is 4.66. The minimum absolute atomic E-state index is 0.0188. The Bertz CT molecular complexity index is 594. The molecule has 1 saturated carbocycles. The Morgan fingerprint density at radius 2 is 1.86 bits per heavy atom. The summed E-state index contributed by atoms with van der Waals surface area (Å²) in [5.41, 5.74) is -0.230. The quantitative estimate of drug-likeness (QED) is 0.925. The summed E-state index contributed by atoms with van der Waals surface area (Å²) in [5.74, 6) is -0.888. The normalized spacial score (nSPS) is 31.6. The zero-order valence-corrected chi connectivity index (χ0v) is 12.6. The van der Waals surface area contributed by atoms with E-state index in [1.54, 1.807) is 12.1 Å². The third kappa shape index (κ3) is 2.44. The molecule has 2 atom stereocenters. The highest BCUT2D eigenvalue weighted by atomic mass is 16.6. The molecule has 1 saturated heterocycles. The number of ketones is 1. The lowest BCUT2D eigenvalue weighted by Crippen LogP contribution is -2.53. The predicted octanol–water partition coefficient (Wildman–Crippen LogP) is 2.07. The second-order valence-electron chi connectivity index (χ2n) is 6.20. The molecule has 22 heavy (non-hydrogen) atoms. The fourth-order valence-corrected chi connectivity index (χ4v) is 3.51. The van der Waals surface area contributed by atoms with Gasteiger partial charge in [-0.25, -0.2) is 0 Å². The van der Waals surface area contributed by atoms with Gasteiger partial charge in [-0.3, -0.25) is 9.59 Å². The van der Waals surface area contributed by atoms with Crippen molar-refractivity contribution in [2.75, 3.05) is 13.2 Å². The van der Waals surface area contributed by atoms with Crippen LogP contribution in [0.2, 0.25) is 0 Å². The number of aliphatic carboxylic acids is 1. The molecule has 1 aliphatic heterocycles. The van der Waals surface area contributed by atoms with Crippen molar-refractivity contribution >= 4 is 11.8 Å². The van der Waals surface area contributed by atoms with E-state index in [4.69, 9.17) is 14.6 Å². The molecule has 5 nitrogen and oxygen atoms in total. The van der Waals surface area contributed by atoms with Crippen LogP contribution < -0.4 is 0 Å². The van der Waals surface area contributed by atoms with Crippen LogP contribution in [0, 0.1) is 0 Å². The Morgan fingerprint density at radius 1 is 1.18 bits per heavy atom. The molecule has 1 aromatic rings. The molecule has 1 heterocycles. The highest BCUT2D eigenvalue weighted by Gasteiger charge is 2.55. The van der Waals surface area contributed by atoms with Crippen LogP contribution in [0.25, 0.3) is 0 Å². The van der Waals surface area contributed by atoms with Crippen molar-refractivity contribution < 1.29 is 24.2 Å². The third-order valence-electron chi connectivity index (χ3n) is 4.66. The first-order valence-electron chi connectivity index (χ1n) is 7.60. The van der Waals surface area contributed by atoms with Gasteiger partial charge in [0.25, 0.3) is 0 Å². The highest BCUT2D eigenvalue weighted by molar-refractivity contribution is 5.96. The van der Waals surface area contributed by atoms with E-state index in [1.165, 1.54) is 0 Å². The molecule has 118 valence electrons. The highest BCUT2D eigenvalue weighted by Crippen LogP contribution is 2.44. The van der Waals surface area contributed by atoms with Gasteiger partial charge in [0.2, 0.25) is 5.78 Å². The monoisotopic (exact) mass is 304 g/mol. The summed E-state index contributed by atoms with van der Waals surface area (Å²) >= 11 is 0. The lowest BCUT2D eigenvalue weighted by atomic mass is 9.71. The second kappa shape index (κ2) is 5.48. The fourth-order valence-electron chi connectivity index (χ4n) is 3.51. The lowest BCUT2D eigenvalue weighted by molar-refractivity contribution is -0.163. The first-order chi connectivity index (χ1) is 10.5. The van der Waals surface area contributed by atoms with Gasteiger partial charge in [0.15, 0.2) is 5.60 Å². The zero-order chi connectivity index (χ0) is 15.8. The summed E-state index contributed by atoms with van der Waals surface area (Å²) in [4.78, 5) is 23.8. The number of ether oxygens (including phenoxy) is 2. The molecule has 1 aromatic carbocycles. The van der Waals surface area contributed by atoms with Crippen molar-refractivity contribution in [3.63, 3.8) is 0 Å². The molecule has 5 heteroatoms. The molecular formula is C17H20O5. The average Bonchev–Trinajstić information content (AvgIpc) is 2.56. The summed E-state index contributed by atoms with van der Waals surface area (Å²) in [6.45, 7) is 2.65. The predicted molar refractivity (Wildman–Crippen MR) is 78.6 cm³/mol. The number of benzene rings is 1. The molecule has 2 aliphatic rings. The summed E-state index contributed by atoms with van der Waals surface area (Å²) in [6, 6.07) is 7.14. The van der Waals surface area contributed by atoms with Gasteiger partial charge >= 0.3 is 5.97 Å². The maximum Gasteiger partial charge on any atom is 0.307 e. The van der Waals surface area contributed by atoms with Gasteiger partial charge in [-0.05, 0) is 37.3 Å². The number of fused-ring (bicyclic) bond motifs is 2. The van der Waals surface area contributed by atoms with Crippen LogP contribution in [0.1, 0.15) is 37.3 Å². The maximum atomic E-state index is 13.0. The molecule has 1 N–H and O–H groups in total. The van der Waals surface area contributed by atoms with E-state index in [-0.39, 0.29) is 12.2 Å². The van der Waals surface area contributed by atoms with Crippen LogP contribution in [0.4, 0.5) is 0 Å². The van der Waals surface area contributed by atoms with Gasteiger partial charge < -0.3 is 14.6 Å². The van der Waals surface area contributed by atoms with E-state index in [0.717, 1.165) is 12.0 Å². The van der Waals surface area contributed by atoms with Crippen molar-refractivity contribution in [3.8, 4) is 0 Å². The molecule has 1 unspecified atom stereocenters. The van der Waals surface area contributed by atoms with Gasteiger partial charge in [-0.2, -0.15) is 0 Å². The molecule has 0 amide bonds. The fraction of sp³-hybridized carbons (Fsp3) is 0.529. The number of rotatable bonds is 3.